The van der Waals surface area contributed by atoms with Gasteiger partial charge in [0.1, 0.15) is 5.82 Å². The zero-order valence-electron chi connectivity index (χ0n) is 8.01. The van der Waals surface area contributed by atoms with E-state index < -0.39 is 0 Å². The molecule has 3 heteroatoms. The van der Waals surface area contributed by atoms with Crippen LogP contribution in [-0.4, -0.2) is 14.7 Å². The monoisotopic (exact) mass is 188 g/mol. The van der Waals surface area contributed by atoms with Gasteiger partial charge in [-0.2, -0.15) is 0 Å². The highest BCUT2D eigenvalue weighted by atomic mass is 16.3. The molecule has 0 bridgehead atoms. The molecule has 0 saturated carbocycles. The van der Waals surface area contributed by atoms with E-state index in [9.17, 15) is 0 Å². The highest BCUT2D eigenvalue weighted by Crippen LogP contribution is 2.12. The summed E-state index contributed by atoms with van der Waals surface area (Å²) in [5.74, 6) is 0.945. The average Bonchev–Trinajstić information content (AvgIpc) is 2.65. The highest BCUT2D eigenvalue weighted by Gasteiger charge is 2.00. The summed E-state index contributed by atoms with van der Waals surface area (Å²) < 4.78 is 1.99. The van der Waals surface area contributed by atoms with E-state index >= 15 is 0 Å². The number of aromatic nitrogens is 2. The third kappa shape index (κ3) is 1.54. The molecule has 0 aliphatic carbocycles. The fourth-order valence-corrected chi connectivity index (χ4v) is 1.46. The van der Waals surface area contributed by atoms with Crippen molar-refractivity contribution in [3.8, 4) is 5.69 Å². The Morgan fingerprint density at radius 3 is 2.93 bits per heavy atom. The van der Waals surface area contributed by atoms with Crippen LogP contribution in [0.2, 0.25) is 0 Å². The van der Waals surface area contributed by atoms with Gasteiger partial charge in [-0.1, -0.05) is 12.1 Å². The number of aliphatic hydroxyl groups is 1. The van der Waals surface area contributed by atoms with Gasteiger partial charge in [0.2, 0.25) is 0 Å². The molecule has 0 unspecified atom stereocenters. The quantitative estimate of drug-likeness (QED) is 0.778. The van der Waals surface area contributed by atoms with Crippen LogP contribution < -0.4 is 0 Å². The molecular formula is C11H12N2O. The Morgan fingerprint density at radius 1 is 1.43 bits per heavy atom. The number of nitrogens with zero attached hydrogens (tertiary/aromatic N) is 2. The minimum Gasteiger partial charge on any atom is -0.392 e. The fraction of sp³-hybridized carbons (Fsp3) is 0.182. The van der Waals surface area contributed by atoms with E-state index in [2.05, 4.69) is 4.98 Å². The molecule has 1 heterocycles. The number of rotatable bonds is 2. The number of imidazole rings is 1. The fourth-order valence-electron chi connectivity index (χ4n) is 1.46. The standard InChI is InChI=1S/C11H12N2O/c1-9-12-5-6-13(9)11-4-2-3-10(7-11)8-14/h2-7,14H,8H2,1H3. The third-order valence-electron chi connectivity index (χ3n) is 2.20. The summed E-state index contributed by atoms with van der Waals surface area (Å²) in [6, 6.07) is 7.78. The van der Waals surface area contributed by atoms with Crippen molar-refractivity contribution < 1.29 is 5.11 Å². The van der Waals surface area contributed by atoms with E-state index in [0.29, 0.717) is 0 Å². The van der Waals surface area contributed by atoms with Crippen molar-refractivity contribution in [3.63, 3.8) is 0 Å². The van der Waals surface area contributed by atoms with Crippen LogP contribution in [0.5, 0.6) is 0 Å². The Labute approximate surface area is 82.7 Å². The first-order valence-electron chi connectivity index (χ1n) is 4.51. The highest BCUT2D eigenvalue weighted by molar-refractivity contribution is 5.36. The molecule has 0 radical (unpaired) electrons. The van der Waals surface area contributed by atoms with Crippen LogP contribution in [-0.2, 0) is 6.61 Å². The maximum atomic E-state index is 9.00. The number of benzene rings is 1. The predicted molar refractivity (Wildman–Crippen MR) is 54.2 cm³/mol. The second-order valence-corrected chi connectivity index (χ2v) is 3.17. The lowest BCUT2D eigenvalue weighted by Gasteiger charge is -2.05. The van der Waals surface area contributed by atoms with Crippen molar-refractivity contribution in [2.75, 3.05) is 0 Å². The number of aryl methyl sites for hydroxylation is 1. The Hall–Kier alpha value is -1.61. The molecule has 1 N–H and O–H groups in total. The minimum absolute atomic E-state index is 0.0710. The zero-order chi connectivity index (χ0) is 9.97. The van der Waals surface area contributed by atoms with Gasteiger partial charge in [-0.05, 0) is 24.6 Å². The van der Waals surface area contributed by atoms with Crippen LogP contribution in [0.3, 0.4) is 0 Å². The largest absolute Gasteiger partial charge is 0.392 e. The molecule has 0 fully saturated rings. The number of hydrogen-bond donors (Lipinski definition) is 1. The van der Waals surface area contributed by atoms with Crippen LogP contribution >= 0.6 is 0 Å². The normalized spacial score (nSPS) is 10.4. The van der Waals surface area contributed by atoms with Crippen LogP contribution in [0.1, 0.15) is 11.4 Å². The summed E-state index contributed by atoms with van der Waals surface area (Å²) >= 11 is 0. The first-order chi connectivity index (χ1) is 6.81. The molecule has 0 atom stereocenters. The van der Waals surface area contributed by atoms with Crippen molar-refractivity contribution in [2.24, 2.45) is 0 Å². The van der Waals surface area contributed by atoms with Gasteiger partial charge in [0.15, 0.2) is 0 Å². The molecule has 0 spiro atoms. The van der Waals surface area contributed by atoms with Gasteiger partial charge in [-0.3, -0.25) is 0 Å². The summed E-state index contributed by atoms with van der Waals surface area (Å²) in [5.41, 5.74) is 1.95. The maximum absolute atomic E-state index is 9.00. The average molecular weight is 188 g/mol. The van der Waals surface area contributed by atoms with Crippen molar-refractivity contribution in [1.82, 2.24) is 9.55 Å². The second-order valence-electron chi connectivity index (χ2n) is 3.17. The summed E-state index contributed by atoms with van der Waals surface area (Å²) in [4.78, 5) is 4.15. The second kappa shape index (κ2) is 3.64. The van der Waals surface area contributed by atoms with E-state index in [-0.39, 0.29) is 6.61 Å². The topological polar surface area (TPSA) is 38.0 Å². The van der Waals surface area contributed by atoms with Gasteiger partial charge < -0.3 is 9.67 Å². The van der Waals surface area contributed by atoms with Gasteiger partial charge in [0.05, 0.1) is 6.61 Å². The molecule has 1 aromatic carbocycles. The summed E-state index contributed by atoms with van der Waals surface area (Å²) in [5, 5.41) is 9.00. The van der Waals surface area contributed by atoms with Crippen LogP contribution in [0, 0.1) is 6.92 Å². The molecule has 14 heavy (non-hydrogen) atoms. The zero-order valence-corrected chi connectivity index (χ0v) is 8.01. The van der Waals surface area contributed by atoms with E-state index in [0.717, 1.165) is 17.1 Å². The Balaban J connectivity index is 2.47. The molecule has 0 amide bonds. The maximum Gasteiger partial charge on any atom is 0.110 e. The van der Waals surface area contributed by atoms with E-state index in [1.165, 1.54) is 0 Å². The molecule has 72 valence electrons. The Morgan fingerprint density at radius 2 is 2.29 bits per heavy atom. The van der Waals surface area contributed by atoms with Gasteiger partial charge >= 0.3 is 0 Å². The first kappa shape index (κ1) is 8.97. The molecule has 1 aromatic heterocycles. The van der Waals surface area contributed by atoms with Gasteiger partial charge in [-0.15, -0.1) is 0 Å². The third-order valence-corrected chi connectivity index (χ3v) is 2.20. The molecule has 0 saturated heterocycles. The Bertz CT molecular complexity index is 434. The number of hydrogen-bond acceptors (Lipinski definition) is 2. The van der Waals surface area contributed by atoms with Crippen molar-refractivity contribution in [1.29, 1.82) is 0 Å². The van der Waals surface area contributed by atoms with Crippen molar-refractivity contribution in [2.45, 2.75) is 13.5 Å². The van der Waals surface area contributed by atoms with Crippen molar-refractivity contribution in [3.05, 3.63) is 48.0 Å². The molecule has 0 aliphatic heterocycles. The summed E-state index contributed by atoms with van der Waals surface area (Å²) in [6.45, 7) is 2.02. The number of aliphatic hydroxyl groups excluding tert-OH is 1. The molecule has 0 aliphatic rings. The molecule has 2 rings (SSSR count). The van der Waals surface area contributed by atoms with Crippen LogP contribution in [0.4, 0.5) is 0 Å². The lowest BCUT2D eigenvalue weighted by Crippen LogP contribution is -1.96. The minimum atomic E-state index is 0.0710. The van der Waals surface area contributed by atoms with Gasteiger partial charge in [-0.25, -0.2) is 4.98 Å². The molecule has 2 aromatic rings. The van der Waals surface area contributed by atoms with Crippen LogP contribution in [0.15, 0.2) is 36.7 Å². The molecular weight excluding hydrogens is 176 g/mol. The first-order valence-corrected chi connectivity index (χ1v) is 4.51. The lowest BCUT2D eigenvalue weighted by molar-refractivity contribution is 0.282. The summed E-state index contributed by atoms with van der Waals surface area (Å²) in [6.07, 6.45) is 3.67. The van der Waals surface area contributed by atoms with Gasteiger partial charge in [0, 0.05) is 18.1 Å². The molecule has 3 nitrogen and oxygen atoms in total. The van der Waals surface area contributed by atoms with E-state index in [4.69, 9.17) is 5.11 Å². The SMILES string of the molecule is Cc1nccn1-c1cccc(CO)c1. The van der Waals surface area contributed by atoms with Crippen molar-refractivity contribution >= 4 is 0 Å². The predicted octanol–water partition coefficient (Wildman–Crippen LogP) is 1.67. The van der Waals surface area contributed by atoms with E-state index in [1.807, 2.05) is 42.0 Å². The lowest BCUT2D eigenvalue weighted by atomic mass is 10.2. The summed E-state index contributed by atoms with van der Waals surface area (Å²) in [7, 11) is 0. The Kier molecular flexibility index (Phi) is 2.33. The van der Waals surface area contributed by atoms with Crippen LogP contribution in [0.25, 0.3) is 5.69 Å². The smallest absolute Gasteiger partial charge is 0.110 e. The van der Waals surface area contributed by atoms with Gasteiger partial charge in [0.25, 0.3) is 0 Å². The van der Waals surface area contributed by atoms with E-state index in [1.54, 1.807) is 6.20 Å².